The van der Waals surface area contributed by atoms with Gasteiger partial charge in [-0.1, -0.05) is 12.1 Å². The van der Waals surface area contributed by atoms with Crippen LogP contribution >= 0.6 is 0 Å². The first-order valence-electron chi connectivity index (χ1n) is 10.0. The van der Waals surface area contributed by atoms with Gasteiger partial charge in [0.05, 0.1) is 17.3 Å². The number of hydrogen-bond donors (Lipinski definition) is 1. The van der Waals surface area contributed by atoms with Gasteiger partial charge in [-0.3, -0.25) is 19.3 Å². The largest absolute Gasteiger partial charge is 0.352 e. The summed E-state index contributed by atoms with van der Waals surface area (Å²) in [5.41, 5.74) is 5.84. The summed E-state index contributed by atoms with van der Waals surface area (Å²) in [6, 6.07) is 11.7. The zero-order valence-electron chi connectivity index (χ0n) is 17.4. The van der Waals surface area contributed by atoms with E-state index in [0.29, 0.717) is 13.1 Å². The van der Waals surface area contributed by atoms with Gasteiger partial charge in [0.25, 0.3) is 0 Å². The Balaban J connectivity index is 1.36. The van der Waals surface area contributed by atoms with E-state index in [1.54, 1.807) is 22.0 Å². The van der Waals surface area contributed by atoms with E-state index in [4.69, 9.17) is 0 Å². The summed E-state index contributed by atoms with van der Waals surface area (Å²) in [4.78, 5) is 31.3. The number of pyridine rings is 1. The second-order valence-corrected chi connectivity index (χ2v) is 7.78. The lowest BCUT2D eigenvalue weighted by atomic mass is 10.1. The van der Waals surface area contributed by atoms with Crippen LogP contribution in [0.3, 0.4) is 0 Å². The number of amides is 2. The van der Waals surface area contributed by atoms with E-state index in [1.165, 1.54) is 5.56 Å². The Bertz CT molecular complexity index is 1090. The summed E-state index contributed by atoms with van der Waals surface area (Å²) < 4.78 is 1.77. The number of nitrogens with one attached hydrogen (secondary N) is 1. The number of carbonyl (C=O) groups is 2. The molecule has 4 rings (SSSR count). The van der Waals surface area contributed by atoms with Crippen molar-refractivity contribution in [1.29, 1.82) is 0 Å². The van der Waals surface area contributed by atoms with Crippen molar-refractivity contribution in [3.63, 3.8) is 0 Å². The molecule has 1 saturated heterocycles. The number of benzene rings is 1. The molecule has 154 valence electrons. The molecule has 7 heteroatoms. The SMILES string of the molecule is Cc1ccc(N2CC(C(=O)NCc3ccc(-c4ccnn4C)nc3)CC2=O)cc1C. The van der Waals surface area contributed by atoms with E-state index < -0.39 is 0 Å². The standard InChI is InChI=1S/C23H25N5O2/c1-15-4-6-19(10-16(15)2)28-14-18(11-22(28)29)23(30)25-13-17-5-7-20(24-12-17)21-8-9-26-27(21)3/h4-10,12,18H,11,13-14H2,1-3H3,(H,25,30). The summed E-state index contributed by atoms with van der Waals surface area (Å²) in [6.07, 6.45) is 3.72. The summed E-state index contributed by atoms with van der Waals surface area (Å²) in [5.74, 6) is -0.466. The van der Waals surface area contributed by atoms with Crippen LogP contribution in [0.5, 0.6) is 0 Å². The summed E-state index contributed by atoms with van der Waals surface area (Å²) >= 11 is 0. The summed E-state index contributed by atoms with van der Waals surface area (Å²) in [5, 5.41) is 7.09. The highest BCUT2D eigenvalue weighted by molar-refractivity contribution is 6.00. The number of nitrogens with zero attached hydrogens (tertiary/aromatic N) is 4. The number of hydrogen-bond acceptors (Lipinski definition) is 4. The van der Waals surface area contributed by atoms with Crippen LogP contribution in [-0.2, 0) is 23.2 Å². The van der Waals surface area contributed by atoms with Crippen LogP contribution in [0, 0.1) is 19.8 Å². The van der Waals surface area contributed by atoms with Gasteiger partial charge in [-0.15, -0.1) is 0 Å². The molecule has 3 heterocycles. The number of aromatic nitrogens is 3. The molecule has 0 saturated carbocycles. The number of carbonyl (C=O) groups excluding carboxylic acids is 2. The highest BCUT2D eigenvalue weighted by atomic mass is 16.2. The van der Waals surface area contributed by atoms with Crippen molar-refractivity contribution in [3.05, 3.63) is 65.5 Å². The van der Waals surface area contributed by atoms with Crippen molar-refractivity contribution >= 4 is 17.5 Å². The molecule has 7 nitrogen and oxygen atoms in total. The fraction of sp³-hybridized carbons (Fsp3) is 0.304. The minimum atomic E-state index is -0.346. The van der Waals surface area contributed by atoms with Crippen LogP contribution in [0.4, 0.5) is 5.69 Å². The van der Waals surface area contributed by atoms with E-state index in [-0.39, 0.29) is 24.2 Å². The van der Waals surface area contributed by atoms with Gasteiger partial charge in [0, 0.05) is 44.6 Å². The highest BCUT2D eigenvalue weighted by Crippen LogP contribution is 2.27. The maximum Gasteiger partial charge on any atom is 0.227 e. The molecule has 1 aliphatic rings. The molecule has 1 aromatic carbocycles. The predicted octanol–water partition coefficient (Wildman–Crippen LogP) is 2.77. The van der Waals surface area contributed by atoms with Gasteiger partial charge in [0.2, 0.25) is 11.8 Å². The third-order valence-corrected chi connectivity index (χ3v) is 5.67. The summed E-state index contributed by atoms with van der Waals surface area (Å²) in [6.45, 7) is 4.85. The van der Waals surface area contributed by atoms with E-state index in [2.05, 4.69) is 15.4 Å². The first kappa shape index (κ1) is 19.8. The lowest BCUT2D eigenvalue weighted by Crippen LogP contribution is -2.32. The van der Waals surface area contributed by atoms with E-state index >= 15 is 0 Å². The molecule has 2 aromatic heterocycles. The monoisotopic (exact) mass is 403 g/mol. The van der Waals surface area contributed by atoms with Gasteiger partial charge in [0.1, 0.15) is 0 Å². The molecule has 0 aliphatic carbocycles. The zero-order chi connectivity index (χ0) is 21.3. The van der Waals surface area contributed by atoms with Gasteiger partial charge in [-0.05, 0) is 54.8 Å². The Morgan fingerprint density at radius 2 is 2.00 bits per heavy atom. The molecule has 1 N–H and O–H groups in total. The topological polar surface area (TPSA) is 80.1 Å². The van der Waals surface area contributed by atoms with E-state index in [0.717, 1.165) is 28.2 Å². The average Bonchev–Trinajstić information content (AvgIpc) is 3.34. The Morgan fingerprint density at radius 3 is 2.67 bits per heavy atom. The van der Waals surface area contributed by atoms with Gasteiger partial charge >= 0.3 is 0 Å². The fourth-order valence-corrected chi connectivity index (χ4v) is 3.67. The van der Waals surface area contributed by atoms with Gasteiger partial charge in [0.15, 0.2) is 0 Å². The van der Waals surface area contributed by atoms with Crippen LogP contribution in [-0.4, -0.2) is 33.1 Å². The van der Waals surface area contributed by atoms with Crippen LogP contribution in [0.2, 0.25) is 0 Å². The normalized spacial score (nSPS) is 16.2. The maximum absolute atomic E-state index is 12.6. The predicted molar refractivity (Wildman–Crippen MR) is 115 cm³/mol. The van der Waals surface area contributed by atoms with Gasteiger partial charge in [-0.2, -0.15) is 5.10 Å². The molecule has 30 heavy (non-hydrogen) atoms. The third-order valence-electron chi connectivity index (χ3n) is 5.67. The Hall–Kier alpha value is -3.48. The van der Waals surface area contributed by atoms with Crippen molar-refractivity contribution in [1.82, 2.24) is 20.1 Å². The quantitative estimate of drug-likeness (QED) is 0.710. The second kappa shape index (κ2) is 8.10. The zero-order valence-corrected chi connectivity index (χ0v) is 17.4. The molecule has 1 unspecified atom stereocenters. The minimum Gasteiger partial charge on any atom is -0.352 e. The minimum absolute atomic E-state index is 0.0133. The van der Waals surface area contributed by atoms with Gasteiger partial charge in [-0.25, -0.2) is 0 Å². The molecular weight excluding hydrogens is 378 g/mol. The van der Waals surface area contributed by atoms with E-state index in [1.807, 2.05) is 57.3 Å². The van der Waals surface area contributed by atoms with Crippen LogP contribution < -0.4 is 10.2 Å². The molecule has 0 bridgehead atoms. The van der Waals surface area contributed by atoms with Crippen LogP contribution in [0.1, 0.15) is 23.1 Å². The molecule has 1 atom stereocenters. The Kier molecular flexibility index (Phi) is 5.35. The smallest absolute Gasteiger partial charge is 0.227 e. The first-order valence-corrected chi connectivity index (χ1v) is 10.0. The molecule has 1 aliphatic heterocycles. The Morgan fingerprint density at radius 1 is 1.17 bits per heavy atom. The summed E-state index contributed by atoms with van der Waals surface area (Å²) in [7, 11) is 1.87. The fourth-order valence-electron chi connectivity index (χ4n) is 3.67. The molecule has 0 spiro atoms. The van der Waals surface area contributed by atoms with Crippen molar-refractivity contribution in [2.75, 3.05) is 11.4 Å². The van der Waals surface area contributed by atoms with Crippen molar-refractivity contribution in [3.8, 4) is 11.4 Å². The second-order valence-electron chi connectivity index (χ2n) is 7.78. The highest BCUT2D eigenvalue weighted by Gasteiger charge is 2.35. The van der Waals surface area contributed by atoms with E-state index in [9.17, 15) is 9.59 Å². The average molecular weight is 403 g/mol. The first-order chi connectivity index (χ1) is 14.4. The van der Waals surface area contributed by atoms with Gasteiger partial charge < -0.3 is 10.2 Å². The number of rotatable bonds is 5. The van der Waals surface area contributed by atoms with Crippen molar-refractivity contribution in [2.24, 2.45) is 13.0 Å². The molecule has 1 fully saturated rings. The molecule has 2 amide bonds. The third kappa shape index (κ3) is 3.96. The lowest BCUT2D eigenvalue weighted by molar-refractivity contribution is -0.126. The number of anilines is 1. The molecular formula is C23H25N5O2. The molecule has 0 radical (unpaired) electrons. The molecule has 3 aromatic rings. The maximum atomic E-state index is 12.6. The lowest BCUT2D eigenvalue weighted by Gasteiger charge is -2.18. The van der Waals surface area contributed by atoms with Crippen molar-refractivity contribution < 1.29 is 9.59 Å². The van der Waals surface area contributed by atoms with Crippen LogP contribution in [0.25, 0.3) is 11.4 Å². The Labute approximate surface area is 175 Å². The number of aryl methyl sites for hydroxylation is 3. The van der Waals surface area contributed by atoms with Crippen LogP contribution in [0.15, 0.2) is 48.8 Å². The van der Waals surface area contributed by atoms with Crippen molar-refractivity contribution in [2.45, 2.75) is 26.8 Å².